The minimum Gasteiger partial charge on any atom is -0.370 e. The van der Waals surface area contributed by atoms with Crippen LogP contribution in [0.15, 0.2) is 24.3 Å². The van der Waals surface area contributed by atoms with Crippen LogP contribution in [0.1, 0.15) is 251 Å². The number of unbranched alkanes of at least 4 members (excludes halogenated alkanes) is 28. The Bertz CT molecular complexity index is 747. The molecule has 2 amide bonds. The summed E-state index contributed by atoms with van der Waals surface area (Å²) in [4.78, 5) is 24.0. The van der Waals surface area contributed by atoms with E-state index in [2.05, 4.69) is 38.2 Å². The van der Waals surface area contributed by atoms with Crippen LogP contribution in [0.4, 0.5) is 0 Å². The number of rotatable bonds is 41. The third-order valence-corrected chi connectivity index (χ3v) is 10.9. The van der Waals surface area contributed by atoms with Gasteiger partial charge in [0.15, 0.2) is 0 Å². The predicted molar refractivity (Wildman–Crippen MR) is 221 cm³/mol. The second-order valence-corrected chi connectivity index (χ2v) is 15.8. The lowest BCUT2D eigenvalue weighted by atomic mass is 9.73. The molecule has 0 aromatic heterocycles. The van der Waals surface area contributed by atoms with E-state index < -0.39 is 0 Å². The lowest BCUT2D eigenvalue weighted by Gasteiger charge is -2.31. The molecule has 4 heteroatoms. The van der Waals surface area contributed by atoms with Gasteiger partial charge in [-0.2, -0.15) is 0 Å². The van der Waals surface area contributed by atoms with Gasteiger partial charge in [0.2, 0.25) is 11.8 Å². The summed E-state index contributed by atoms with van der Waals surface area (Å²) < 4.78 is 0. The van der Waals surface area contributed by atoms with Gasteiger partial charge in [-0.1, -0.05) is 192 Å². The van der Waals surface area contributed by atoms with Crippen LogP contribution in [-0.4, -0.2) is 11.8 Å². The van der Waals surface area contributed by atoms with Crippen molar-refractivity contribution in [2.45, 2.75) is 251 Å². The molecule has 0 atom stereocenters. The van der Waals surface area contributed by atoms with Gasteiger partial charge in [-0.05, 0) is 77.0 Å². The fourth-order valence-electron chi connectivity index (χ4n) is 7.46. The average Bonchev–Trinajstić information content (AvgIpc) is 3.10. The van der Waals surface area contributed by atoms with Crippen molar-refractivity contribution < 1.29 is 9.59 Å². The molecule has 0 fully saturated rings. The summed E-state index contributed by atoms with van der Waals surface area (Å²) in [5.41, 5.74) is 11.2. The van der Waals surface area contributed by atoms with E-state index in [4.69, 9.17) is 11.5 Å². The van der Waals surface area contributed by atoms with Gasteiger partial charge in [0.05, 0.1) is 0 Å². The lowest BCUT2D eigenvalue weighted by molar-refractivity contribution is -0.129. The molecule has 0 aliphatic heterocycles. The maximum Gasteiger partial charge on any atom is 0.223 e. The number of carbonyl (C=O) groups excluding carboxylic acids is 2. The van der Waals surface area contributed by atoms with Crippen LogP contribution in [0.3, 0.4) is 0 Å². The summed E-state index contributed by atoms with van der Waals surface area (Å²) >= 11 is 0. The largest absolute Gasteiger partial charge is 0.370 e. The molecule has 0 rings (SSSR count). The number of hydrogen-bond donors (Lipinski definition) is 2. The molecule has 294 valence electrons. The molecule has 0 unspecified atom stereocenters. The molecule has 0 bridgehead atoms. The first-order valence-corrected chi connectivity index (χ1v) is 22.4. The van der Waals surface area contributed by atoms with Crippen LogP contribution in [0.5, 0.6) is 0 Å². The molecule has 0 aromatic carbocycles. The van der Waals surface area contributed by atoms with Crippen molar-refractivity contribution in [1.29, 1.82) is 0 Å². The van der Waals surface area contributed by atoms with Crippen LogP contribution in [0.25, 0.3) is 0 Å². The molecule has 4 nitrogen and oxygen atoms in total. The van der Waals surface area contributed by atoms with E-state index in [1.165, 1.54) is 167 Å². The number of hydrogen-bond acceptors (Lipinski definition) is 2. The van der Waals surface area contributed by atoms with Crippen molar-refractivity contribution in [3.05, 3.63) is 24.3 Å². The molecular formula is C46H88N2O2. The quantitative estimate of drug-likeness (QED) is 0.0491. The molecule has 4 N–H and O–H groups in total. The minimum absolute atomic E-state index is 0.0632. The Hall–Kier alpha value is -1.58. The van der Waals surface area contributed by atoms with Crippen LogP contribution in [-0.2, 0) is 9.59 Å². The fourth-order valence-corrected chi connectivity index (χ4v) is 7.46. The number of allylic oxidation sites excluding steroid dienone is 4. The van der Waals surface area contributed by atoms with Gasteiger partial charge in [0, 0.05) is 11.8 Å². The van der Waals surface area contributed by atoms with E-state index in [1.54, 1.807) is 0 Å². The summed E-state index contributed by atoms with van der Waals surface area (Å²) in [6, 6.07) is 0. The molecule has 50 heavy (non-hydrogen) atoms. The highest BCUT2D eigenvalue weighted by Crippen LogP contribution is 2.37. The average molecular weight is 701 g/mol. The molecule has 0 spiro atoms. The van der Waals surface area contributed by atoms with Crippen molar-refractivity contribution in [1.82, 2.24) is 0 Å². The van der Waals surface area contributed by atoms with Gasteiger partial charge >= 0.3 is 0 Å². The Morgan fingerprint density at radius 3 is 0.920 bits per heavy atom. The third-order valence-electron chi connectivity index (χ3n) is 10.9. The zero-order valence-corrected chi connectivity index (χ0v) is 33.9. The molecule has 0 radical (unpaired) electrons. The summed E-state index contributed by atoms with van der Waals surface area (Å²) in [6.45, 7) is 4.56. The predicted octanol–water partition coefficient (Wildman–Crippen LogP) is 14.5. The molecule has 0 aliphatic rings. The fraction of sp³-hybridized carbons (Fsp3) is 0.870. The van der Waals surface area contributed by atoms with Crippen molar-refractivity contribution in [2.24, 2.45) is 16.9 Å². The Labute approximate surface area is 313 Å². The monoisotopic (exact) mass is 701 g/mol. The van der Waals surface area contributed by atoms with E-state index in [0.717, 1.165) is 64.2 Å². The Balaban J connectivity index is 4.33. The van der Waals surface area contributed by atoms with Gasteiger partial charge in [-0.25, -0.2) is 0 Å². The first-order chi connectivity index (χ1) is 24.5. The topological polar surface area (TPSA) is 86.2 Å². The van der Waals surface area contributed by atoms with Crippen LogP contribution in [0, 0.1) is 5.41 Å². The first kappa shape index (κ1) is 48.4. The van der Waals surface area contributed by atoms with Gasteiger partial charge in [0.1, 0.15) is 0 Å². The Kier molecular flexibility index (Phi) is 37.4. The van der Waals surface area contributed by atoms with Gasteiger partial charge in [-0.15, -0.1) is 0 Å². The van der Waals surface area contributed by atoms with Crippen molar-refractivity contribution >= 4 is 11.8 Å². The Morgan fingerprint density at radius 2 is 0.640 bits per heavy atom. The second kappa shape index (κ2) is 38.6. The summed E-state index contributed by atoms with van der Waals surface area (Å²) in [6.07, 6.45) is 54.6. The lowest BCUT2D eigenvalue weighted by Crippen LogP contribution is -2.37. The van der Waals surface area contributed by atoms with Crippen molar-refractivity contribution in [2.75, 3.05) is 0 Å². The zero-order chi connectivity index (χ0) is 36.6. The van der Waals surface area contributed by atoms with Crippen molar-refractivity contribution in [3.63, 3.8) is 0 Å². The maximum atomic E-state index is 13.0. The van der Waals surface area contributed by atoms with Crippen LogP contribution >= 0.6 is 0 Å². The summed E-state index contributed by atoms with van der Waals surface area (Å²) in [5, 5.41) is 0. The third kappa shape index (κ3) is 33.6. The second-order valence-electron chi connectivity index (χ2n) is 15.8. The van der Waals surface area contributed by atoms with Crippen LogP contribution in [0.2, 0.25) is 0 Å². The number of primary amides is 2. The highest BCUT2D eigenvalue weighted by molar-refractivity contribution is 5.80. The zero-order valence-electron chi connectivity index (χ0n) is 33.9. The van der Waals surface area contributed by atoms with Gasteiger partial charge in [-0.3, -0.25) is 9.59 Å². The van der Waals surface area contributed by atoms with E-state index in [9.17, 15) is 9.59 Å². The maximum absolute atomic E-state index is 13.0. The normalized spacial score (nSPS) is 13.1. The molecule has 0 heterocycles. The highest BCUT2D eigenvalue weighted by atomic mass is 16.1. The highest BCUT2D eigenvalue weighted by Gasteiger charge is 2.34. The molecular weight excluding hydrogens is 613 g/mol. The van der Waals surface area contributed by atoms with E-state index in [0.29, 0.717) is 6.42 Å². The van der Waals surface area contributed by atoms with Gasteiger partial charge in [0.25, 0.3) is 0 Å². The SMILES string of the molecule is CCCCCCCCC=CCCCCCCCCC(CCCCCCCCC=CCCCCCCCC)(CCCCCCCC(N)=O)C(N)=O. The Morgan fingerprint density at radius 1 is 0.380 bits per heavy atom. The van der Waals surface area contributed by atoms with E-state index in [-0.39, 0.29) is 17.2 Å². The van der Waals surface area contributed by atoms with E-state index in [1.807, 2.05) is 0 Å². The summed E-state index contributed by atoms with van der Waals surface area (Å²) in [7, 11) is 0. The molecule has 0 saturated carbocycles. The van der Waals surface area contributed by atoms with Crippen LogP contribution < -0.4 is 11.5 Å². The van der Waals surface area contributed by atoms with E-state index >= 15 is 0 Å². The number of amides is 2. The number of carbonyl (C=O) groups is 2. The minimum atomic E-state index is -0.338. The molecule has 0 saturated heterocycles. The summed E-state index contributed by atoms with van der Waals surface area (Å²) in [5.74, 6) is -0.268. The van der Waals surface area contributed by atoms with Crippen molar-refractivity contribution in [3.8, 4) is 0 Å². The molecule has 0 aromatic rings. The first-order valence-electron chi connectivity index (χ1n) is 22.4. The van der Waals surface area contributed by atoms with Gasteiger partial charge < -0.3 is 11.5 Å². The molecule has 0 aliphatic carbocycles. The smallest absolute Gasteiger partial charge is 0.223 e. The number of nitrogens with two attached hydrogens (primary N) is 2. The standard InChI is InChI=1S/C46H88N2O2/c1-3-5-7-9-11-13-15-17-19-21-23-25-27-29-33-37-41-46(45(48)50,43-39-35-31-32-36-40-44(47)49)42-38-34-30-28-26-24-22-20-18-16-14-12-10-8-6-4-2/h17-20H,3-16,21-43H2,1-2H3,(H2,47,49)(H2,48,50).